The van der Waals surface area contributed by atoms with E-state index in [1.807, 2.05) is 0 Å². The van der Waals surface area contributed by atoms with Crippen LogP contribution in [0.15, 0.2) is 17.2 Å². The average molecular weight is 411 g/mol. The number of aromatic nitrogens is 1. The van der Waals surface area contributed by atoms with Gasteiger partial charge in [0.1, 0.15) is 10.6 Å². The molecule has 8 nitrogen and oxygen atoms in total. The van der Waals surface area contributed by atoms with Gasteiger partial charge in [0.15, 0.2) is 0 Å². The standard InChI is InChI=1S/C19H30N4O4S/c1-13-5-3-4-6-16(13)21-19(25)14-7-9-23(10-8-14)28(26,27)15-11-17(18(20)24)22(2)12-15/h11-14,16H,3-10H2,1-2H3,(H2,20,24)(H,21,25). The van der Waals surface area contributed by atoms with Gasteiger partial charge in [-0.25, -0.2) is 8.42 Å². The van der Waals surface area contributed by atoms with Crippen LogP contribution < -0.4 is 11.1 Å². The quantitative estimate of drug-likeness (QED) is 0.759. The summed E-state index contributed by atoms with van der Waals surface area (Å²) < 4.78 is 28.5. The lowest BCUT2D eigenvalue weighted by atomic mass is 9.85. The summed E-state index contributed by atoms with van der Waals surface area (Å²) in [5, 5.41) is 3.19. The van der Waals surface area contributed by atoms with Crippen molar-refractivity contribution >= 4 is 21.8 Å². The molecule has 156 valence electrons. The van der Waals surface area contributed by atoms with Crippen LogP contribution in [0.5, 0.6) is 0 Å². The highest BCUT2D eigenvalue weighted by atomic mass is 32.2. The summed E-state index contributed by atoms with van der Waals surface area (Å²) in [4.78, 5) is 24.1. The molecular formula is C19H30N4O4S. The molecule has 2 atom stereocenters. The van der Waals surface area contributed by atoms with Crippen molar-refractivity contribution in [1.29, 1.82) is 0 Å². The summed E-state index contributed by atoms with van der Waals surface area (Å²) in [6.07, 6.45) is 6.95. The highest BCUT2D eigenvalue weighted by Crippen LogP contribution is 2.27. The van der Waals surface area contributed by atoms with E-state index in [2.05, 4.69) is 12.2 Å². The van der Waals surface area contributed by atoms with Crippen molar-refractivity contribution < 1.29 is 18.0 Å². The maximum absolute atomic E-state index is 12.9. The molecule has 9 heteroatoms. The summed E-state index contributed by atoms with van der Waals surface area (Å²) in [6.45, 7) is 2.77. The number of rotatable bonds is 5. The number of aryl methyl sites for hydroxylation is 1. The van der Waals surface area contributed by atoms with Gasteiger partial charge in [0.05, 0.1) is 0 Å². The van der Waals surface area contributed by atoms with Gasteiger partial charge in [-0.15, -0.1) is 0 Å². The van der Waals surface area contributed by atoms with Crippen LogP contribution >= 0.6 is 0 Å². The van der Waals surface area contributed by atoms with Crippen LogP contribution in [0.3, 0.4) is 0 Å². The van der Waals surface area contributed by atoms with Crippen molar-refractivity contribution in [2.24, 2.45) is 24.6 Å². The lowest BCUT2D eigenvalue weighted by molar-refractivity contribution is -0.127. The Morgan fingerprint density at radius 3 is 2.36 bits per heavy atom. The minimum Gasteiger partial charge on any atom is -0.364 e. The van der Waals surface area contributed by atoms with E-state index in [-0.39, 0.29) is 28.5 Å². The molecule has 1 saturated heterocycles. The van der Waals surface area contributed by atoms with Crippen LogP contribution in [0.25, 0.3) is 0 Å². The smallest absolute Gasteiger partial charge is 0.265 e. The highest BCUT2D eigenvalue weighted by molar-refractivity contribution is 7.89. The lowest BCUT2D eigenvalue weighted by Crippen LogP contribution is -2.47. The molecule has 2 amide bonds. The Kier molecular flexibility index (Phi) is 6.14. The Labute approximate surface area is 166 Å². The Hall–Kier alpha value is -1.87. The first-order valence-electron chi connectivity index (χ1n) is 9.97. The van der Waals surface area contributed by atoms with Gasteiger partial charge in [0.25, 0.3) is 5.91 Å². The molecule has 0 spiro atoms. The van der Waals surface area contributed by atoms with E-state index in [0.717, 1.165) is 19.3 Å². The molecule has 3 rings (SSSR count). The summed E-state index contributed by atoms with van der Waals surface area (Å²) in [5.74, 6) is -0.281. The Bertz CT molecular complexity index is 840. The van der Waals surface area contributed by atoms with E-state index in [4.69, 9.17) is 5.73 Å². The minimum atomic E-state index is -3.71. The van der Waals surface area contributed by atoms with E-state index >= 15 is 0 Å². The first-order valence-corrected chi connectivity index (χ1v) is 11.4. The fourth-order valence-corrected chi connectivity index (χ4v) is 5.80. The first kappa shape index (κ1) is 20.9. The number of sulfonamides is 1. The molecule has 2 fully saturated rings. The number of hydrogen-bond donors (Lipinski definition) is 2. The normalized spacial score (nSPS) is 24.8. The first-order chi connectivity index (χ1) is 13.2. The molecule has 0 bridgehead atoms. The van der Waals surface area contributed by atoms with E-state index in [1.165, 1.54) is 27.6 Å². The zero-order valence-corrected chi connectivity index (χ0v) is 17.4. The van der Waals surface area contributed by atoms with Gasteiger partial charge in [-0.3, -0.25) is 9.59 Å². The van der Waals surface area contributed by atoms with Crippen LogP contribution in [-0.2, 0) is 21.9 Å². The molecule has 1 saturated carbocycles. The summed E-state index contributed by atoms with van der Waals surface area (Å²) in [6, 6.07) is 1.54. The third-order valence-electron chi connectivity index (χ3n) is 6.13. The van der Waals surface area contributed by atoms with E-state index in [0.29, 0.717) is 31.8 Å². The molecule has 2 heterocycles. The second-order valence-corrected chi connectivity index (χ2v) is 10.0. The van der Waals surface area contributed by atoms with Gasteiger partial charge in [-0.2, -0.15) is 4.31 Å². The Morgan fingerprint density at radius 1 is 1.14 bits per heavy atom. The maximum atomic E-state index is 12.9. The second kappa shape index (κ2) is 8.24. The van der Waals surface area contributed by atoms with Gasteiger partial charge in [0.2, 0.25) is 15.9 Å². The van der Waals surface area contributed by atoms with Gasteiger partial charge >= 0.3 is 0 Å². The fraction of sp³-hybridized carbons (Fsp3) is 0.684. The monoisotopic (exact) mass is 410 g/mol. The largest absolute Gasteiger partial charge is 0.364 e. The van der Waals surface area contributed by atoms with E-state index in [9.17, 15) is 18.0 Å². The Balaban J connectivity index is 1.60. The maximum Gasteiger partial charge on any atom is 0.265 e. The number of carbonyl (C=O) groups is 2. The molecule has 0 radical (unpaired) electrons. The van der Waals surface area contributed by atoms with Crippen LogP contribution in [0.2, 0.25) is 0 Å². The van der Waals surface area contributed by atoms with Crippen molar-refractivity contribution in [2.45, 2.75) is 56.4 Å². The molecule has 0 aromatic carbocycles. The van der Waals surface area contributed by atoms with Crippen molar-refractivity contribution in [1.82, 2.24) is 14.2 Å². The molecule has 2 aliphatic rings. The lowest BCUT2D eigenvalue weighted by Gasteiger charge is -2.34. The highest BCUT2D eigenvalue weighted by Gasteiger charge is 2.34. The molecule has 28 heavy (non-hydrogen) atoms. The van der Waals surface area contributed by atoms with Gasteiger partial charge < -0.3 is 15.6 Å². The van der Waals surface area contributed by atoms with E-state index in [1.54, 1.807) is 7.05 Å². The topological polar surface area (TPSA) is 114 Å². The minimum absolute atomic E-state index is 0.0477. The van der Waals surface area contributed by atoms with Gasteiger partial charge in [0, 0.05) is 38.3 Å². The third-order valence-corrected chi connectivity index (χ3v) is 8.00. The summed E-state index contributed by atoms with van der Waals surface area (Å²) >= 11 is 0. The van der Waals surface area contributed by atoms with Crippen molar-refractivity contribution in [2.75, 3.05) is 13.1 Å². The van der Waals surface area contributed by atoms with Gasteiger partial charge in [-0.05, 0) is 37.7 Å². The predicted octanol–water partition coefficient (Wildman–Crippen LogP) is 1.22. The molecule has 2 unspecified atom stereocenters. The summed E-state index contributed by atoms with van der Waals surface area (Å²) in [7, 11) is -2.12. The number of hydrogen-bond acceptors (Lipinski definition) is 4. The van der Waals surface area contributed by atoms with Crippen molar-refractivity contribution in [3.05, 3.63) is 18.0 Å². The van der Waals surface area contributed by atoms with Crippen LogP contribution in [0, 0.1) is 11.8 Å². The number of nitrogens with one attached hydrogen (secondary N) is 1. The predicted molar refractivity (Wildman–Crippen MR) is 105 cm³/mol. The van der Waals surface area contributed by atoms with Crippen LogP contribution in [0.1, 0.15) is 55.9 Å². The molecule has 1 aromatic rings. The van der Waals surface area contributed by atoms with Crippen LogP contribution in [0.4, 0.5) is 0 Å². The van der Waals surface area contributed by atoms with Gasteiger partial charge in [-0.1, -0.05) is 19.8 Å². The molecule has 1 aliphatic carbocycles. The average Bonchev–Trinajstić information content (AvgIpc) is 3.06. The van der Waals surface area contributed by atoms with Crippen LogP contribution in [-0.4, -0.2) is 48.2 Å². The summed E-state index contributed by atoms with van der Waals surface area (Å²) in [5.41, 5.74) is 5.42. The number of nitrogens with zero attached hydrogens (tertiary/aromatic N) is 2. The number of piperidine rings is 1. The number of amides is 2. The number of primary amides is 1. The molecule has 3 N–H and O–H groups in total. The SMILES string of the molecule is CC1CCCCC1NC(=O)C1CCN(S(=O)(=O)c2cc(C(N)=O)n(C)c2)CC1. The third kappa shape index (κ3) is 4.25. The van der Waals surface area contributed by atoms with Crippen molar-refractivity contribution in [3.8, 4) is 0 Å². The van der Waals surface area contributed by atoms with E-state index < -0.39 is 15.9 Å². The Morgan fingerprint density at radius 2 is 1.79 bits per heavy atom. The zero-order chi connectivity index (χ0) is 20.5. The van der Waals surface area contributed by atoms with Crippen molar-refractivity contribution in [3.63, 3.8) is 0 Å². The fourth-order valence-electron chi connectivity index (χ4n) is 4.26. The molecular weight excluding hydrogens is 380 g/mol. The zero-order valence-electron chi connectivity index (χ0n) is 16.6. The second-order valence-electron chi connectivity index (χ2n) is 8.09. The molecule has 1 aromatic heterocycles. The molecule has 1 aliphatic heterocycles. The number of nitrogens with two attached hydrogens (primary N) is 1. The number of carbonyl (C=O) groups excluding carboxylic acids is 2.